The van der Waals surface area contributed by atoms with E-state index in [1.807, 2.05) is 7.05 Å². The zero-order chi connectivity index (χ0) is 14.8. The average Bonchev–Trinajstić information content (AvgIpc) is 2.38. The number of sulfonamides is 1. The second-order valence-electron chi connectivity index (χ2n) is 5.00. The van der Waals surface area contributed by atoms with Gasteiger partial charge in [0.15, 0.2) is 0 Å². The van der Waals surface area contributed by atoms with Crippen LogP contribution < -0.4 is 0 Å². The van der Waals surface area contributed by atoms with Gasteiger partial charge < -0.3 is 9.64 Å². The Morgan fingerprint density at radius 1 is 1.50 bits per heavy atom. The Labute approximate surface area is 125 Å². The van der Waals surface area contributed by atoms with Crippen molar-refractivity contribution in [1.82, 2.24) is 9.21 Å². The van der Waals surface area contributed by atoms with E-state index in [9.17, 15) is 8.42 Å². The second kappa shape index (κ2) is 6.41. The van der Waals surface area contributed by atoms with Gasteiger partial charge in [-0.15, -0.1) is 0 Å². The molecule has 1 saturated heterocycles. The van der Waals surface area contributed by atoms with E-state index < -0.39 is 10.0 Å². The molecule has 112 valence electrons. The predicted octanol–water partition coefficient (Wildman–Crippen LogP) is 1.29. The Hall–Kier alpha value is -0.660. The number of ether oxygens (including phenoxy) is 1. The van der Waals surface area contributed by atoms with Crippen LogP contribution in [0.3, 0.4) is 0 Å². The molecule has 20 heavy (non-hydrogen) atoms. The molecule has 0 N–H and O–H groups in total. The lowest BCUT2D eigenvalue weighted by Gasteiger charge is -2.32. The van der Waals surface area contributed by atoms with Gasteiger partial charge in [0, 0.05) is 31.7 Å². The first-order valence-electron chi connectivity index (χ1n) is 6.41. The van der Waals surface area contributed by atoms with Gasteiger partial charge >= 0.3 is 0 Å². The first-order chi connectivity index (χ1) is 9.39. The van der Waals surface area contributed by atoms with Crippen molar-refractivity contribution >= 4 is 21.6 Å². The van der Waals surface area contributed by atoms with Crippen LogP contribution in [-0.4, -0.2) is 64.1 Å². The number of morpholine rings is 1. The molecule has 0 saturated carbocycles. The van der Waals surface area contributed by atoms with Crippen molar-refractivity contribution in [3.63, 3.8) is 0 Å². The molecule has 2 rings (SSSR count). The molecule has 0 aliphatic carbocycles. The van der Waals surface area contributed by atoms with Gasteiger partial charge in [0.05, 0.1) is 17.6 Å². The summed E-state index contributed by atoms with van der Waals surface area (Å²) >= 11 is 5.85. The van der Waals surface area contributed by atoms with Crippen LogP contribution in [0.5, 0.6) is 0 Å². The molecule has 1 unspecified atom stereocenters. The molecule has 0 radical (unpaired) electrons. The van der Waals surface area contributed by atoms with Crippen LogP contribution in [0.1, 0.15) is 0 Å². The summed E-state index contributed by atoms with van der Waals surface area (Å²) in [5.74, 6) is 0. The average molecular weight is 319 g/mol. The number of benzene rings is 1. The molecule has 1 fully saturated rings. The Bertz CT molecular complexity index is 564. The lowest BCUT2D eigenvalue weighted by molar-refractivity contribution is -0.0247. The minimum atomic E-state index is -3.53. The first-order valence-corrected chi connectivity index (χ1v) is 8.23. The topological polar surface area (TPSA) is 49.9 Å². The fourth-order valence-corrected chi connectivity index (χ4v) is 3.67. The van der Waals surface area contributed by atoms with Crippen LogP contribution in [0.25, 0.3) is 0 Å². The summed E-state index contributed by atoms with van der Waals surface area (Å²) in [7, 11) is 0.0367. The smallest absolute Gasteiger partial charge is 0.242 e. The van der Waals surface area contributed by atoms with Crippen molar-refractivity contribution in [2.45, 2.75) is 11.0 Å². The van der Waals surface area contributed by atoms with Gasteiger partial charge in [-0.1, -0.05) is 17.7 Å². The van der Waals surface area contributed by atoms with Crippen molar-refractivity contribution in [3.05, 3.63) is 29.3 Å². The zero-order valence-electron chi connectivity index (χ0n) is 11.6. The Morgan fingerprint density at radius 2 is 2.25 bits per heavy atom. The maximum Gasteiger partial charge on any atom is 0.242 e. The Balaban J connectivity index is 2.09. The van der Waals surface area contributed by atoms with Gasteiger partial charge in [-0.2, -0.15) is 4.31 Å². The zero-order valence-corrected chi connectivity index (χ0v) is 13.2. The Morgan fingerprint density at radius 3 is 2.90 bits per heavy atom. The summed E-state index contributed by atoms with van der Waals surface area (Å²) in [6, 6.07) is 6.29. The molecule has 1 aromatic carbocycles. The SMILES string of the molecule is CN1CCOC(CN(C)S(=O)(=O)c2cccc(Cl)c2)C1. The lowest BCUT2D eigenvalue weighted by Crippen LogP contribution is -2.46. The summed E-state index contributed by atoms with van der Waals surface area (Å²) in [5.41, 5.74) is 0. The molecule has 1 atom stereocenters. The summed E-state index contributed by atoms with van der Waals surface area (Å²) < 4.78 is 31.8. The molecule has 1 heterocycles. The highest BCUT2D eigenvalue weighted by Gasteiger charge is 2.26. The summed E-state index contributed by atoms with van der Waals surface area (Å²) in [5, 5.41) is 0.410. The maximum atomic E-state index is 12.4. The normalized spacial score (nSPS) is 21.3. The number of hydrogen-bond donors (Lipinski definition) is 0. The molecular formula is C13H19ClN2O3S. The number of nitrogens with zero attached hydrogens (tertiary/aromatic N) is 2. The van der Waals surface area contributed by atoms with Crippen LogP contribution in [0, 0.1) is 0 Å². The summed E-state index contributed by atoms with van der Waals surface area (Å²) in [6.07, 6.45) is -0.104. The summed E-state index contributed by atoms with van der Waals surface area (Å²) in [4.78, 5) is 2.34. The van der Waals surface area contributed by atoms with Crippen molar-refractivity contribution in [2.24, 2.45) is 0 Å². The van der Waals surface area contributed by atoms with E-state index in [2.05, 4.69) is 4.90 Å². The van der Waals surface area contributed by atoms with E-state index in [1.54, 1.807) is 25.2 Å². The molecule has 0 bridgehead atoms. The summed E-state index contributed by atoms with van der Waals surface area (Å²) in [6.45, 7) is 2.57. The van der Waals surface area contributed by atoms with E-state index in [1.165, 1.54) is 10.4 Å². The van der Waals surface area contributed by atoms with Gasteiger partial charge in [-0.25, -0.2) is 8.42 Å². The molecule has 7 heteroatoms. The molecule has 1 aliphatic heterocycles. The van der Waals surface area contributed by atoms with Crippen molar-refractivity contribution in [1.29, 1.82) is 0 Å². The highest BCUT2D eigenvalue weighted by atomic mass is 35.5. The third-order valence-corrected chi connectivity index (χ3v) is 5.36. The Kier molecular flexibility index (Phi) is 5.04. The van der Waals surface area contributed by atoms with Crippen LogP contribution in [0.2, 0.25) is 5.02 Å². The third kappa shape index (κ3) is 3.71. The highest BCUT2D eigenvalue weighted by molar-refractivity contribution is 7.89. The number of hydrogen-bond acceptors (Lipinski definition) is 4. The number of likely N-dealkylation sites (N-methyl/N-ethyl adjacent to an activating group) is 2. The molecule has 1 aliphatic rings. The maximum absolute atomic E-state index is 12.4. The van der Waals surface area contributed by atoms with Gasteiger partial charge in [0.25, 0.3) is 0 Å². The number of halogens is 1. The van der Waals surface area contributed by atoms with Crippen LogP contribution in [-0.2, 0) is 14.8 Å². The standard InChI is InChI=1S/C13H19ClN2O3S/c1-15-6-7-19-12(9-15)10-16(2)20(17,18)13-5-3-4-11(14)8-13/h3-5,8,12H,6-7,9-10H2,1-2H3. The monoisotopic (exact) mass is 318 g/mol. The highest BCUT2D eigenvalue weighted by Crippen LogP contribution is 2.19. The predicted molar refractivity (Wildman–Crippen MR) is 78.5 cm³/mol. The molecular weight excluding hydrogens is 300 g/mol. The second-order valence-corrected chi connectivity index (χ2v) is 7.48. The van der Waals surface area contributed by atoms with Gasteiger partial charge in [0.1, 0.15) is 0 Å². The van der Waals surface area contributed by atoms with Crippen molar-refractivity contribution in [3.8, 4) is 0 Å². The van der Waals surface area contributed by atoms with E-state index in [0.717, 1.165) is 13.1 Å². The molecule has 0 amide bonds. The molecule has 5 nitrogen and oxygen atoms in total. The first kappa shape index (κ1) is 15.7. The third-order valence-electron chi connectivity index (χ3n) is 3.31. The van der Waals surface area contributed by atoms with Gasteiger partial charge in [-0.3, -0.25) is 0 Å². The molecule has 0 spiro atoms. The van der Waals surface area contributed by atoms with E-state index in [4.69, 9.17) is 16.3 Å². The fourth-order valence-electron chi connectivity index (χ4n) is 2.17. The van der Waals surface area contributed by atoms with Gasteiger partial charge in [-0.05, 0) is 25.2 Å². The molecule has 0 aromatic heterocycles. The van der Waals surface area contributed by atoms with E-state index in [0.29, 0.717) is 18.2 Å². The van der Waals surface area contributed by atoms with E-state index >= 15 is 0 Å². The largest absolute Gasteiger partial charge is 0.374 e. The number of rotatable bonds is 4. The van der Waals surface area contributed by atoms with Crippen LogP contribution in [0.4, 0.5) is 0 Å². The minimum Gasteiger partial charge on any atom is -0.374 e. The van der Waals surface area contributed by atoms with Crippen LogP contribution in [0.15, 0.2) is 29.2 Å². The molecule has 1 aromatic rings. The fraction of sp³-hybridized carbons (Fsp3) is 0.538. The van der Waals surface area contributed by atoms with Crippen LogP contribution >= 0.6 is 11.6 Å². The lowest BCUT2D eigenvalue weighted by atomic mass is 10.3. The quantitative estimate of drug-likeness (QED) is 0.839. The van der Waals surface area contributed by atoms with Gasteiger partial charge in [0.2, 0.25) is 10.0 Å². The van der Waals surface area contributed by atoms with E-state index in [-0.39, 0.29) is 11.0 Å². The van der Waals surface area contributed by atoms with Crippen molar-refractivity contribution < 1.29 is 13.2 Å². The van der Waals surface area contributed by atoms with Crippen molar-refractivity contribution in [2.75, 3.05) is 40.3 Å². The minimum absolute atomic E-state index is 0.104.